The monoisotopic (exact) mass is 480 g/mol. The summed E-state index contributed by atoms with van der Waals surface area (Å²) in [5.74, 6) is -2.12. The van der Waals surface area contributed by atoms with E-state index in [0.29, 0.717) is 16.8 Å². The molecule has 0 saturated carbocycles. The molecule has 1 amide bonds. The zero-order valence-corrected chi connectivity index (χ0v) is 19.6. The van der Waals surface area contributed by atoms with Crippen LogP contribution in [0.25, 0.3) is 0 Å². The van der Waals surface area contributed by atoms with Crippen molar-refractivity contribution in [2.24, 2.45) is 5.73 Å². The molecule has 9 heteroatoms. The summed E-state index contributed by atoms with van der Waals surface area (Å²) in [4.78, 5) is 27.8. The molecule has 1 aliphatic carbocycles. The Morgan fingerprint density at radius 1 is 1.29 bits per heavy atom. The van der Waals surface area contributed by atoms with Gasteiger partial charge < -0.3 is 20.7 Å². The minimum Gasteiger partial charge on any atom is -0.463 e. The van der Waals surface area contributed by atoms with E-state index in [9.17, 15) is 18.4 Å². The third-order valence-electron chi connectivity index (χ3n) is 5.79. The van der Waals surface area contributed by atoms with Gasteiger partial charge in [-0.3, -0.25) is 4.79 Å². The maximum Gasteiger partial charge on any atom is 0.336 e. The number of nitrogens with one attached hydrogen (secondary N) is 1. The number of hydrogen-bond donors (Lipinski definition) is 2. The summed E-state index contributed by atoms with van der Waals surface area (Å²) < 4.78 is 32.5. The van der Waals surface area contributed by atoms with Crippen molar-refractivity contribution < 1.29 is 23.1 Å². The van der Waals surface area contributed by atoms with E-state index in [-0.39, 0.29) is 41.3 Å². The third kappa shape index (κ3) is 5.01. The van der Waals surface area contributed by atoms with E-state index in [4.69, 9.17) is 15.7 Å². The Morgan fingerprint density at radius 2 is 1.97 bits per heavy atom. The van der Waals surface area contributed by atoms with Crippen molar-refractivity contribution in [3.63, 3.8) is 0 Å². The van der Waals surface area contributed by atoms with Crippen LogP contribution in [-0.2, 0) is 14.3 Å². The number of hydrogen-bond acceptors (Lipinski definition) is 6. The van der Waals surface area contributed by atoms with Crippen molar-refractivity contribution >= 4 is 11.9 Å². The number of carbonyl (C=O) groups is 2. The summed E-state index contributed by atoms with van der Waals surface area (Å²) in [6.07, 6.45) is 3.50. The molecule has 0 fully saturated rings. The molecular weight excluding hydrogens is 454 g/mol. The van der Waals surface area contributed by atoms with E-state index in [1.54, 1.807) is 56.3 Å². The van der Waals surface area contributed by atoms with Crippen LogP contribution in [0.15, 0.2) is 82.5 Å². The summed E-state index contributed by atoms with van der Waals surface area (Å²) in [5, 5.41) is 11.7. The molecule has 1 unspecified atom stereocenters. The second kappa shape index (κ2) is 10.8. The van der Waals surface area contributed by atoms with Gasteiger partial charge in [0.2, 0.25) is 0 Å². The highest BCUT2D eigenvalue weighted by Crippen LogP contribution is 2.43. The summed E-state index contributed by atoms with van der Waals surface area (Å²) in [7, 11) is 1.43. The predicted molar refractivity (Wildman–Crippen MR) is 126 cm³/mol. The van der Waals surface area contributed by atoms with Crippen LogP contribution in [-0.4, -0.2) is 36.9 Å². The molecule has 182 valence electrons. The molecule has 0 bridgehead atoms. The molecule has 2 aliphatic rings. The second-order valence-corrected chi connectivity index (χ2v) is 7.84. The molecule has 1 aromatic carbocycles. The fourth-order valence-corrected chi connectivity index (χ4v) is 4.15. The summed E-state index contributed by atoms with van der Waals surface area (Å²) in [6, 6.07) is 8.47. The highest BCUT2D eigenvalue weighted by atomic mass is 19.3. The van der Waals surface area contributed by atoms with Gasteiger partial charge in [0.15, 0.2) is 0 Å². The highest BCUT2D eigenvalue weighted by Gasteiger charge is 2.41. The number of nitrogens with two attached hydrogens (primary N) is 1. The average Bonchev–Trinajstić information content (AvgIpc) is 3.10. The van der Waals surface area contributed by atoms with Gasteiger partial charge in [-0.25, -0.2) is 13.6 Å². The van der Waals surface area contributed by atoms with Gasteiger partial charge in [0.1, 0.15) is 5.82 Å². The molecule has 1 atom stereocenters. The van der Waals surface area contributed by atoms with Crippen LogP contribution >= 0.6 is 0 Å². The standard InChI is InChI=1S/C26H26F2N4O3/c1-4-35-26(34)20-15(2)32(19-8-6-5-7-18(13-19)23(27)28)24(30)22(25(33)31-3)21(20)17-11-9-16(14-29)10-12-17/h5-6,8-13,21,23H,4,7,30H2,1-3H3,(H,31,33). The first-order valence-electron chi connectivity index (χ1n) is 11.0. The van der Waals surface area contributed by atoms with E-state index in [0.717, 1.165) is 0 Å². The molecular formula is C26H26F2N4O3. The zero-order valence-electron chi connectivity index (χ0n) is 19.6. The molecule has 1 heterocycles. The molecule has 7 nitrogen and oxygen atoms in total. The van der Waals surface area contributed by atoms with Crippen molar-refractivity contribution in [2.75, 3.05) is 13.7 Å². The number of rotatable bonds is 6. The molecule has 0 aromatic heterocycles. The van der Waals surface area contributed by atoms with Crippen molar-refractivity contribution in [3.05, 3.63) is 93.6 Å². The van der Waals surface area contributed by atoms with Gasteiger partial charge in [-0.1, -0.05) is 24.3 Å². The first-order valence-corrected chi connectivity index (χ1v) is 11.0. The lowest BCUT2D eigenvalue weighted by atomic mass is 9.80. The minimum absolute atomic E-state index is 0.00401. The van der Waals surface area contributed by atoms with Crippen LogP contribution in [0.5, 0.6) is 0 Å². The Bertz CT molecular complexity index is 1220. The van der Waals surface area contributed by atoms with Gasteiger partial charge in [0, 0.05) is 24.0 Å². The minimum atomic E-state index is -2.69. The maximum absolute atomic E-state index is 13.6. The lowest BCUT2D eigenvalue weighted by Crippen LogP contribution is -2.40. The number of allylic oxidation sites excluding steroid dienone is 6. The molecule has 35 heavy (non-hydrogen) atoms. The maximum atomic E-state index is 13.6. The first kappa shape index (κ1) is 25.4. The number of nitrogens with zero attached hydrogens (tertiary/aromatic N) is 2. The number of esters is 1. The summed E-state index contributed by atoms with van der Waals surface area (Å²) in [6.45, 7) is 3.37. The van der Waals surface area contributed by atoms with Gasteiger partial charge in [0.05, 0.1) is 35.3 Å². The van der Waals surface area contributed by atoms with Crippen molar-refractivity contribution in [1.82, 2.24) is 10.2 Å². The van der Waals surface area contributed by atoms with E-state index in [1.807, 2.05) is 6.07 Å². The quantitative estimate of drug-likeness (QED) is 0.601. The van der Waals surface area contributed by atoms with Crippen LogP contribution in [0.2, 0.25) is 0 Å². The van der Waals surface area contributed by atoms with Gasteiger partial charge in [-0.05, 0) is 50.1 Å². The highest BCUT2D eigenvalue weighted by molar-refractivity contribution is 6.02. The lowest BCUT2D eigenvalue weighted by Gasteiger charge is -2.38. The number of likely N-dealkylation sites (N-methyl/N-ethyl adjacent to an activating group) is 1. The van der Waals surface area contributed by atoms with Crippen molar-refractivity contribution in [3.8, 4) is 6.07 Å². The first-order chi connectivity index (χ1) is 16.7. The molecule has 3 rings (SSSR count). The molecule has 3 N–H and O–H groups in total. The van der Waals surface area contributed by atoms with Crippen molar-refractivity contribution in [2.45, 2.75) is 32.6 Å². The second-order valence-electron chi connectivity index (χ2n) is 7.84. The molecule has 0 radical (unpaired) electrons. The Balaban J connectivity index is 2.32. The van der Waals surface area contributed by atoms with Crippen LogP contribution in [0.1, 0.15) is 37.3 Å². The number of halogens is 2. The summed E-state index contributed by atoms with van der Waals surface area (Å²) in [5.41, 5.74) is 8.20. The van der Waals surface area contributed by atoms with Gasteiger partial charge in [0.25, 0.3) is 12.3 Å². The van der Waals surface area contributed by atoms with Gasteiger partial charge >= 0.3 is 5.97 Å². The fourth-order valence-electron chi connectivity index (χ4n) is 4.15. The molecule has 0 spiro atoms. The third-order valence-corrected chi connectivity index (χ3v) is 5.79. The van der Waals surface area contributed by atoms with Crippen LogP contribution in [0.3, 0.4) is 0 Å². The number of alkyl halides is 2. The van der Waals surface area contributed by atoms with Crippen LogP contribution < -0.4 is 11.1 Å². The van der Waals surface area contributed by atoms with Crippen LogP contribution in [0.4, 0.5) is 8.78 Å². The number of benzene rings is 1. The largest absolute Gasteiger partial charge is 0.463 e. The van der Waals surface area contributed by atoms with E-state index >= 15 is 0 Å². The average molecular weight is 481 g/mol. The van der Waals surface area contributed by atoms with E-state index in [2.05, 4.69) is 5.32 Å². The van der Waals surface area contributed by atoms with E-state index in [1.165, 1.54) is 18.0 Å². The number of amides is 1. The van der Waals surface area contributed by atoms with Gasteiger partial charge in [-0.15, -0.1) is 0 Å². The Hall–Kier alpha value is -4.19. The molecule has 1 aliphatic heterocycles. The molecule has 1 aromatic rings. The SMILES string of the molecule is CCOC(=O)C1=C(C)N(C2=CC=CCC(C(F)F)=C2)C(N)=C(C(=O)NC)C1c1ccc(C#N)cc1. The Labute approximate surface area is 202 Å². The lowest BCUT2D eigenvalue weighted by molar-refractivity contribution is -0.139. The Kier molecular flexibility index (Phi) is 7.87. The van der Waals surface area contributed by atoms with E-state index < -0.39 is 24.2 Å². The summed E-state index contributed by atoms with van der Waals surface area (Å²) >= 11 is 0. The predicted octanol–water partition coefficient (Wildman–Crippen LogP) is 3.75. The Morgan fingerprint density at radius 3 is 2.54 bits per heavy atom. The smallest absolute Gasteiger partial charge is 0.336 e. The molecule has 0 saturated heterocycles. The van der Waals surface area contributed by atoms with Gasteiger partial charge in [-0.2, -0.15) is 5.26 Å². The normalized spacial score (nSPS) is 18.1. The topological polar surface area (TPSA) is 108 Å². The number of ether oxygens (including phenoxy) is 1. The number of nitriles is 1. The van der Waals surface area contributed by atoms with Crippen molar-refractivity contribution in [1.29, 1.82) is 5.26 Å². The van der Waals surface area contributed by atoms with Crippen LogP contribution in [0, 0.1) is 11.3 Å². The fraction of sp³-hybridized carbons (Fsp3) is 0.269. The zero-order chi connectivity index (χ0) is 25.7. The number of carbonyl (C=O) groups excluding carboxylic acids is 2.